The van der Waals surface area contributed by atoms with Gasteiger partial charge in [0.2, 0.25) is 0 Å². The van der Waals surface area contributed by atoms with Crippen LogP contribution in [-0.4, -0.2) is 26.1 Å². The van der Waals surface area contributed by atoms with Gasteiger partial charge in [0.25, 0.3) is 5.91 Å². The van der Waals surface area contributed by atoms with E-state index in [9.17, 15) is 13.6 Å². The zero-order chi connectivity index (χ0) is 23.9. The summed E-state index contributed by atoms with van der Waals surface area (Å²) in [7, 11) is 0. The lowest BCUT2D eigenvalue weighted by atomic mass is 10.2. The van der Waals surface area contributed by atoms with Crippen molar-refractivity contribution in [2.45, 2.75) is 47.5 Å². The normalized spacial score (nSPS) is 10.8. The molecule has 8 heteroatoms. The van der Waals surface area contributed by atoms with E-state index in [0.29, 0.717) is 11.5 Å². The lowest BCUT2D eigenvalue weighted by Gasteiger charge is -2.06. The van der Waals surface area contributed by atoms with Crippen LogP contribution in [0.5, 0.6) is 0 Å². The van der Waals surface area contributed by atoms with Gasteiger partial charge in [-0.05, 0) is 31.9 Å². The van der Waals surface area contributed by atoms with Crippen molar-refractivity contribution in [3.8, 4) is 11.5 Å². The van der Waals surface area contributed by atoms with E-state index in [4.69, 9.17) is 0 Å². The van der Waals surface area contributed by atoms with Crippen molar-refractivity contribution in [2.24, 2.45) is 0 Å². The predicted molar refractivity (Wildman–Crippen MR) is 125 cm³/mol. The number of aromatic amines is 2. The number of hydrogen-bond acceptors (Lipinski definition) is 3. The molecule has 0 spiro atoms. The second-order valence-electron chi connectivity index (χ2n) is 6.35. The number of halogens is 2. The molecule has 3 N–H and O–H groups in total. The molecule has 0 aliphatic heterocycles. The topological polar surface area (TPSA) is 86.5 Å². The monoisotopic (exact) mass is 443 g/mol. The van der Waals surface area contributed by atoms with Gasteiger partial charge >= 0.3 is 0 Å². The third-order valence-electron chi connectivity index (χ3n) is 4.12. The van der Waals surface area contributed by atoms with Gasteiger partial charge in [-0.15, -0.1) is 0 Å². The summed E-state index contributed by atoms with van der Waals surface area (Å²) in [6, 6.07) is 3.22. The van der Waals surface area contributed by atoms with Crippen molar-refractivity contribution >= 4 is 11.6 Å². The van der Waals surface area contributed by atoms with Gasteiger partial charge in [0, 0.05) is 12.4 Å². The minimum atomic E-state index is -0.935. The van der Waals surface area contributed by atoms with Gasteiger partial charge in [-0.2, -0.15) is 5.10 Å². The van der Waals surface area contributed by atoms with Gasteiger partial charge in [0.15, 0.2) is 5.82 Å². The minimum absolute atomic E-state index is 0.262. The summed E-state index contributed by atoms with van der Waals surface area (Å²) >= 11 is 0. The number of benzene rings is 1. The molecule has 2 aromatic heterocycles. The van der Waals surface area contributed by atoms with Crippen LogP contribution < -0.4 is 5.32 Å². The summed E-state index contributed by atoms with van der Waals surface area (Å²) in [4.78, 5) is 18.9. The molecule has 1 aromatic carbocycles. The second-order valence-corrected chi connectivity index (χ2v) is 6.35. The fourth-order valence-corrected chi connectivity index (χ4v) is 2.35. The van der Waals surface area contributed by atoms with Crippen LogP contribution in [0.15, 0.2) is 60.6 Å². The van der Waals surface area contributed by atoms with Gasteiger partial charge in [0.05, 0.1) is 11.9 Å². The van der Waals surface area contributed by atoms with Crippen molar-refractivity contribution < 1.29 is 13.6 Å². The number of anilines is 1. The lowest BCUT2D eigenvalue weighted by molar-refractivity contribution is 0.101. The molecule has 0 unspecified atom stereocenters. The summed E-state index contributed by atoms with van der Waals surface area (Å²) < 4.78 is 27.1. The minimum Gasteiger partial charge on any atom is -0.343 e. The van der Waals surface area contributed by atoms with Crippen molar-refractivity contribution in [1.82, 2.24) is 20.2 Å². The first kappa shape index (κ1) is 26.5. The number of hydrogen-bond donors (Lipinski definition) is 3. The first-order valence-electron chi connectivity index (χ1n) is 10.6. The molecule has 0 saturated heterocycles. The van der Waals surface area contributed by atoms with Crippen LogP contribution in [0.25, 0.3) is 11.5 Å². The van der Waals surface area contributed by atoms with E-state index in [1.165, 1.54) is 24.0 Å². The van der Waals surface area contributed by atoms with Crippen LogP contribution in [-0.2, 0) is 0 Å². The maximum absolute atomic E-state index is 13.6. The third-order valence-corrected chi connectivity index (χ3v) is 4.12. The Kier molecular flexibility index (Phi) is 12.0. The molecule has 0 saturated carbocycles. The van der Waals surface area contributed by atoms with Crippen LogP contribution in [0.3, 0.4) is 0 Å². The number of allylic oxidation sites excluding steroid dienone is 4. The molecule has 0 aliphatic carbocycles. The van der Waals surface area contributed by atoms with E-state index in [1.807, 2.05) is 13.8 Å². The number of imidazole rings is 1. The Hall–Kier alpha value is -3.55. The number of nitrogens with one attached hydrogen (secondary N) is 3. The Morgan fingerprint density at radius 2 is 1.88 bits per heavy atom. The highest BCUT2D eigenvalue weighted by Crippen LogP contribution is 2.23. The summed E-state index contributed by atoms with van der Waals surface area (Å²) in [6.07, 6.45) is 13.2. The Morgan fingerprint density at radius 3 is 2.44 bits per heavy atom. The number of aromatic nitrogens is 4. The quantitative estimate of drug-likeness (QED) is 0.372. The highest BCUT2D eigenvalue weighted by atomic mass is 19.1. The Balaban J connectivity index is 0.000000396. The number of amides is 1. The van der Waals surface area contributed by atoms with Crippen LogP contribution in [0.1, 0.15) is 57.8 Å². The maximum atomic E-state index is 13.6. The van der Waals surface area contributed by atoms with E-state index < -0.39 is 23.1 Å². The molecule has 1 amide bonds. The number of carbonyl (C=O) groups is 1. The molecule has 0 aliphatic rings. The van der Waals surface area contributed by atoms with E-state index in [2.05, 4.69) is 64.5 Å². The molecular weight excluding hydrogens is 412 g/mol. The first-order valence-corrected chi connectivity index (χ1v) is 10.6. The van der Waals surface area contributed by atoms with Crippen molar-refractivity contribution in [3.05, 3.63) is 77.8 Å². The fraction of sp³-hybridized carbons (Fsp3) is 0.292. The summed E-state index contributed by atoms with van der Waals surface area (Å²) in [6.45, 7) is 10.5. The summed E-state index contributed by atoms with van der Waals surface area (Å²) in [5, 5.41) is 8.83. The number of nitrogens with zero attached hydrogens (tertiary/aromatic N) is 2. The molecule has 2 heterocycles. The largest absolute Gasteiger partial charge is 0.343 e. The van der Waals surface area contributed by atoms with E-state index in [-0.39, 0.29) is 5.69 Å². The summed E-state index contributed by atoms with van der Waals surface area (Å²) in [5.41, 5.74) is 1.46. The molecule has 3 aromatic rings. The Bertz CT molecular complexity index is 987. The zero-order valence-electron chi connectivity index (χ0n) is 19.2. The first-order chi connectivity index (χ1) is 15.5. The van der Waals surface area contributed by atoms with Crippen molar-refractivity contribution in [1.29, 1.82) is 0 Å². The molecule has 32 heavy (non-hydrogen) atoms. The highest BCUT2D eigenvalue weighted by molar-refractivity contribution is 6.06. The molecule has 0 fully saturated rings. The number of carbonyl (C=O) groups excluding carboxylic acids is 1. The third kappa shape index (κ3) is 7.94. The maximum Gasteiger partial charge on any atom is 0.261 e. The molecular formula is C24H31F2N5O. The molecule has 3 rings (SSSR count). The van der Waals surface area contributed by atoms with E-state index in [1.54, 1.807) is 6.20 Å². The summed E-state index contributed by atoms with van der Waals surface area (Å²) in [5.74, 6) is -2.33. The van der Waals surface area contributed by atoms with Crippen molar-refractivity contribution in [2.75, 3.05) is 5.32 Å². The zero-order valence-corrected chi connectivity index (χ0v) is 19.2. The molecule has 0 atom stereocenters. The average Bonchev–Trinajstić information content (AvgIpc) is 3.47. The lowest BCUT2D eigenvalue weighted by Crippen LogP contribution is -2.16. The van der Waals surface area contributed by atoms with Gasteiger partial charge < -0.3 is 10.3 Å². The molecule has 172 valence electrons. The molecule has 6 nitrogen and oxygen atoms in total. The average molecular weight is 444 g/mol. The van der Waals surface area contributed by atoms with E-state index in [0.717, 1.165) is 25.0 Å². The Labute approximate surface area is 187 Å². The van der Waals surface area contributed by atoms with Crippen molar-refractivity contribution in [3.63, 3.8) is 0 Å². The predicted octanol–water partition coefficient (Wildman–Crippen LogP) is 6.67. The number of H-pyrrole nitrogens is 2. The molecule has 0 bridgehead atoms. The van der Waals surface area contributed by atoms with Gasteiger partial charge in [-0.3, -0.25) is 9.89 Å². The SMILES string of the molecule is CC.CC/C=C\C=C(\C)CC.O=C(Nc1cn[nH]c1-c1ncc[nH]1)c1c(F)cccc1F. The van der Waals surface area contributed by atoms with E-state index >= 15 is 0 Å². The standard InChI is InChI=1S/C13H9F2N5O.C9H16.C2H6/c14-7-2-1-3-8(15)10(7)13(21)19-9-6-18-20-11(9)12-16-4-5-17-12;1-4-6-7-8-9(3)5-2;1-2/h1-6H,(H,16,17)(H,18,20)(H,19,21);6-8H,4-5H2,1-3H3;1-2H3/b;7-6-,9-8-;. The van der Waals surface area contributed by atoms with Crippen LogP contribution in [0.2, 0.25) is 0 Å². The van der Waals surface area contributed by atoms with Crippen LogP contribution in [0, 0.1) is 11.6 Å². The second kappa shape index (κ2) is 14.5. The van der Waals surface area contributed by atoms with Gasteiger partial charge in [-0.1, -0.05) is 57.6 Å². The van der Waals surface area contributed by atoms with Gasteiger partial charge in [0.1, 0.15) is 22.9 Å². The van der Waals surface area contributed by atoms with Crippen LogP contribution >= 0.6 is 0 Å². The fourth-order valence-electron chi connectivity index (χ4n) is 2.35. The Morgan fingerprint density at radius 1 is 1.19 bits per heavy atom. The number of rotatable bonds is 6. The van der Waals surface area contributed by atoms with Gasteiger partial charge in [-0.25, -0.2) is 13.8 Å². The smallest absolute Gasteiger partial charge is 0.261 e. The molecule has 0 radical (unpaired) electrons. The highest BCUT2D eigenvalue weighted by Gasteiger charge is 2.19. The van der Waals surface area contributed by atoms with Crippen LogP contribution in [0.4, 0.5) is 14.5 Å².